The van der Waals surface area contributed by atoms with Crippen molar-refractivity contribution in [2.24, 2.45) is 39.8 Å². The summed E-state index contributed by atoms with van der Waals surface area (Å²) in [6.07, 6.45) is 4.02. The van der Waals surface area contributed by atoms with Gasteiger partial charge in [-0.15, -0.1) is 0 Å². The first-order valence-corrected chi connectivity index (χ1v) is 15.1. The number of amides is 1. The Labute approximate surface area is 248 Å². The fourth-order valence-corrected chi connectivity index (χ4v) is 7.02. The average molecular weight is 594 g/mol. The molecular weight excluding hydrogens is 545 g/mol. The van der Waals surface area contributed by atoms with Crippen LogP contribution in [0.15, 0.2) is 4.99 Å². The monoisotopic (exact) mass is 593 g/mol. The third-order valence-corrected chi connectivity index (χ3v) is 9.46. The zero-order valence-corrected chi connectivity index (χ0v) is 25.9. The minimum Gasteiger partial charge on any atom is -0.469 e. The third kappa shape index (κ3) is 8.21. The number of nitrogens with two attached hydrogens (primary N) is 1. The first kappa shape index (κ1) is 33.8. The van der Waals surface area contributed by atoms with Gasteiger partial charge in [0.15, 0.2) is 5.03 Å². The van der Waals surface area contributed by atoms with E-state index in [1.165, 1.54) is 7.11 Å². The molecule has 1 saturated heterocycles. The number of guanidine groups is 1. The van der Waals surface area contributed by atoms with Crippen molar-refractivity contribution in [3.8, 4) is 0 Å². The predicted molar refractivity (Wildman–Crippen MR) is 156 cm³/mol. The van der Waals surface area contributed by atoms with Crippen molar-refractivity contribution in [3.63, 3.8) is 0 Å². The first-order chi connectivity index (χ1) is 19.7. The van der Waals surface area contributed by atoms with Crippen molar-refractivity contribution in [1.82, 2.24) is 10.7 Å². The van der Waals surface area contributed by atoms with E-state index in [-0.39, 0.29) is 66.9 Å². The molecule has 4 fully saturated rings. The zero-order chi connectivity index (χ0) is 31.2. The molecule has 1 amide bonds. The van der Waals surface area contributed by atoms with Crippen LogP contribution in [0.1, 0.15) is 92.4 Å². The van der Waals surface area contributed by atoms with E-state index in [0.717, 1.165) is 12.8 Å². The smallest absolute Gasteiger partial charge is 0.469 e. The summed E-state index contributed by atoms with van der Waals surface area (Å²) in [5.41, 5.74) is 7.06. The van der Waals surface area contributed by atoms with Gasteiger partial charge in [-0.3, -0.25) is 14.4 Å². The third-order valence-electron chi connectivity index (χ3n) is 9.46. The number of carbonyl (C=O) groups excluding carboxylic acids is 3. The topological polar surface area (TPSA) is 184 Å². The van der Waals surface area contributed by atoms with E-state index in [1.54, 1.807) is 5.43 Å². The van der Waals surface area contributed by atoms with Crippen molar-refractivity contribution in [1.29, 1.82) is 0 Å². The second kappa shape index (κ2) is 14.2. The summed E-state index contributed by atoms with van der Waals surface area (Å²) in [5, 5.41) is 12.9. The molecule has 1 heterocycles. The van der Waals surface area contributed by atoms with Crippen molar-refractivity contribution in [2.75, 3.05) is 13.7 Å². The average Bonchev–Trinajstić information content (AvgIpc) is 3.26. The quantitative estimate of drug-likeness (QED) is 0.0457. The van der Waals surface area contributed by atoms with E-state index in [1.807, 2.05) is 0 Å². The Balaban J connectivity index is 1.68. The summed E-state index contributed by atoms with van der Waals surface area (Å²) in [5.74, 6) is -0.928. The molecule has 42 heavy (non-hydrogen) atoms. The minimum absolute atomic E-state index is 0.00157. The number of carbonyl (C=O) groups is 3. The maximum Gasteiger partial charge on any atom is 0.481 e. The highest BCUT2D eigenvalue weighted by Crippen LogP contribution is 2.65. The van der Waals surface area contributed by atoms with Crippen molar-refractivity contribution in [2.45, 2.75) is 110 Å². The molecule has 0 unspecified atom stereocenters. The number of aliphatic imine (C=N–C) groups is 1. The van der Waals surface area contributed by atoms with Crippen LogP contribution in [0.25, 0.3) is 0 Å². The molecule has 1 aliphatic heterocycles. The summed E-state index contributed by atoms with van der Waals surface area (Å²) in [7, 11) is 0.710. The highest BCUT2D eigenvalue weighted by molar-refractivity contribution is 6.47. The van der Waals surface area contributed by atoms with Crippen LogP contribution in [0.3, 0.4) is 0 Å². The molecule has 4 aliphatic rings. The van der Waals surface area contributed by atoms with Crippen LogP contribution in [-0.2, 0) is 28.4 Å². The van der Waals surface area contributed by atoms with Gasteiger partial charge in [-0.05, 0) is 68.6 Å². The van der Waals surface area contributed by atoms with Gasteiger partial charge >= 0.3 is 13.1 Å². The molecule has 3 aliphatic carbocycles. The van der Waals surface area contributed by atoms with E-state index in [0.29, 0.717) is 37.5 Å². The maximum atomic E-state index is 13.7. The fourth-order valence-electron chi connectivity index (χ4n) is 7.02. The van der Waals surface area contributed by atoms with Crippen LogP contribution in [0.2, 0.25) is 0 Å². The van der Waals surface area contributed by atoms with Crippen LogP contribution in [0, 0.1) is 39.2 Å². The van der Waals surface area contributed by atoms with Gasteiger partial charge in [0.1, 0.15) is 5.78 Å². The number of methoxy groups -OCH3 is 1. The van der Waals surface area contributed by atoms with Crippen LogP contribution in [-0.4, -0.2) is 67.1 Å². The van der Waals surface area contributed by atoms with Gasteiger partial charge in [0.25, 0.3) is 5.96 Å². The second-order valence-electron chi connectivity index (χ2n) is 13.2. The van der Waals surface area contributed by atoms with Gasteiger partial charge in [-0.2, -0.15) is 0 Å². The lowest BCUT2D eigenvalue weighted by Crippen LogP contribution is -2.65. The van der Waals surface area contributed by atoms with E-state index in [9.17, 15) is 24.5 Å². The van der Waals surface area contributed by atoms with Crippen molar-refractivity contribution >= 4 is 30.7 Å². The van der Waals surface area contributed by atoms with E-state index in [4.69, 9.17) is 15.0 Å². The van der Waals surface area contributed by atoms with Crippen LogP contribution in [0.4, 0.5) is 0 Å². The standard InChI is InChI=1S/C28H48BN5O8/c1-17(2)13-23(29-41-22-16-19-15-21(27(19,3)4)28(22,5)42-29)32-25(37)18(9-8-12-31-26(30)33-34(38)39)14-20(35)10-7-11-24(36)40-6/h17-19,21-23H,7-16H2,1-6H3,(H,32,37)(H3,30,31,33)/t18-,19+,21+,22-,23+,28+/m1/s1. The highest BCUT2D eigenvalue weighted by Gasteiger charge is 2.68. The van der Waals surface area contributed by atoms with Gasteiger partial charge in [0.2, 0.25) is 5.91 Å². The normalized spacial score (nSPS) is 27.5. The van der Waals surface area contributed by atoms with Gasteiger partial charge in [0, 0.05) is 31.7 Å². The minimum atomic E-state index is -0.801. The number of ketones is 1. The Morgan fingerprint density at radius 3 is 2.52 bits per heavy atom. The number of ether oxygens (including phenoxy) is 1. The van der Waals surface area contributed by atoms with Crippen LogP contribution >= 0.6 is 0 Å². The lowest BCUT2D eigenvalue weighted by Gasteiger charge is -2.64. The number of hydrazine groups is 1. The molecule has 6 atom stereocenters. The summed E-state index contributed by atoms with van der Waals surface area (Å²) >= 11 is 0. The maximum absolute atomic E-state index is 13.7. The lowest BCUT2D eigenvalue weighted by atomic mass is 9.43. The number of hydrogen-bond donors (Lipinski definition) is 3. The molecule has 0 aromatic rings. The van der Waals surface area contributed by atoms with Gasteiger partial charge in [-0.1, -0.05) is 33.1 Å². The number of nitrogens with zero attached hydrogens (tertiary/aromatic N) is 2. The molecule has 14 heteroatoms. The number of nitrogens with one attached hydrogen (secondary N) is 2. The number of rotatable bonds is 16. The molecule has 4 N–H and O–H groups in total. The van der Waals surface area contributed by atoms with Crippen LogP contribution in [0.5, 0.6) is 0 Å². The van der Waals surface area contributed by atoms with E-state index in [2.05, 4.69) is 49.7 Å². The fraction of sp³-hybridized carbons (Fsp3) is 0.857. The molecule has 0 radical (unpaired) electrons. The molecule has 0 aromatic carbocycles. The number of nitro groups is 1. The zero-order valence-electron chi connectivity index (χ0n) is 25.9. The molecule has 0 spiro atoms. The molecule has 2 bridgehead atoms. The summed E-state index contributed by atoms with van der Waals surface area (Å²) < 4.78 is 17.8. The van der Waals surface area contributed by atoms with Gasteiger partial charge in [0.05, 0.1) is 24.8 Å². The Kier molecular flexibility index (Phi) is 11.4. The Bertz CT molecular complexity index is 1040. The van der Waals surface area contributed by atoms with Gasteiger partial charge in [-0.25, -0.2) is 15.1 Å². The molecule has 4 rings (SSSR count). The summed E-state index contributed by atoms with van der Waals surface area (Å²) in [4.78, 5) is 52.4. The second-order valence-corrected chi connectivity index (χ2v) is 13.2. The van der Waals surface area contributed by atoms with Crippen LogP contribution < -0.4 is 16.5 Å². The largest absolute Gasteiger partial charge is 0.481 e. The number of Topliss-reactive ketones (excluding diaryl/α,β-unsaturated/α-hetero) is 1. The Morgan fingerprint density at radius 1 is 1.19 bits per heavy atom. The highest BCUT2D eigenvalue weighted by atomic mass is 16.7. The Hall–Kier alpha value is -2.74. The lowest BCUT2D eigenvalue weighted by molar-refractivity contribution is -0.525. The molecule has 0 aromatic heterocycles. The molecular formula is C28H48BN5O8. The first-order valence-electron chi connectivity index (χ1n) is 15.1. The number of hydrogen-bond acceptors (Lipinski definition) is 9. The predicted octanol–water partition coefficient (Wildman–Crippen LogP) is 2.58. The summed E-state index contributed by atoms with van der Waals surface area (Å²) in [6.45, 7) is 11.0. The summed E-state index contributed by atoms with van der Waals surface area (Å²) in [6, 6.07) is 0. The van der Waals surface area contributed by atoms with Gasteiger partial charge < -0.3 is 25.1 Å². The number of esters is 1. The Morgan fingerprint density at radius 2 is 1.90 bits per heavy atom. The van der Waals surface area contributed by atoms with Crippen molar-refractivity contribution in [3.05, 3.63) is 10.1 Å². The molecule has 13 nitrogen and oxygen atoms in total. The van der Waals surface area contributed by atoms with E-state index >= 15 is 0 Å². The molecule has 236 valence electrons. The SMILES string of the molecule is COC(=O)CCCC(=O)C[C@@H](CCCN=C(N)N[N+](=O)[O-])C(=O)N[C@@H](CC(C)C)B1O[C@@H]2C[C@@H]3C[C@@H](C3(C)C)[C@]2(C)O1. The molecule has 3 saturated carbocycles. The van der Waals surface area contributed by atoms with Crippen molar-refractivity contribution < 1.29 is 33.5 Å². The van der Waals surface area contributed by atoms with E-state index < -0.39 is 29.6 Å².